The third-order valence-corrected chi connectivity index (χ3v) is 5.33. The van der Waals surface area contributed by atoms with Crippen molar-refractivity contribution >= 4 is 21.7 Å². The van der Waals surface area contributed by atoms with Crippen LogP contribution >= 0.6 is 0 Å². The molecule has 0 radical (unpaired) electrons. The number of amides is 1. The van der Waals surface area contributed by atoms with E-state index in [4.69, 9.17) is 14.2 Å². The Morgan fingerprint density at radius 2 is 1.83 bits per heavy atom. The van der Waals surface area contributed by atoms with E-state index in [0.717, 1.165) is 0 Å². The molecule has 2 rings (SSSR count). The van der Waals surface area contributed by atoms with Gasteiger partial charge in [0.15, 0.2) is 16.4 Å². The Bertz CT molecular complexity index is 707. The fourth-order valence-corrected chi connectivity index (χ4v) is 4.11. The first-order valence-corrected chi connectivity index (χ1v) is 9.06. The van der Waals surface area contributed by atoms with E-state index in [9.17, 15) is 18.0 Å². The van der Waals surface area contributed by atoms with Gasteiger partial charge in [-0.2, -0.15) is 0 Å². The van der Waals surface area contributed by atoms with Gasteiger partial charge < -0.3 is 19.5 Å². The fraction of sp³-hybridized carbons (Fsp3) is 0.467. The lowest BCUT2D eigenvalue weighted by Gasteiger charge is -2.13. The van der Waals surface area contributed by atoms with Crippen LogP contribution in [0.2, 0.25) is 0 Å². The highest BCUT2D eigenvalue weighted by molar-refractivity contribution is 7.91. The van der Waals surface area contributed by atoms with Gasteiger partial charge in [0, 0.05) is 6.04 Å². The maximum atomic E-state index is 12.2. The lowest BCUT2D eigenvalue weighted by atomic mass is 10.2. The van der Waals surface area contributed by atoms with Gasteiger partial charge in [0.1, 0.15) is 17.1 Å². The van der Waals surface area contributed by atoms with Gasteiger partial charge in [-0.3, -0.25) is 4.79 Å². The fourth-order valence-electron chi connectivity index (χ4n) is 2.43. The van der Waals surface area contributed by atoms with Crippen molar-refractivity contribution in [2.75, 3.05) is 32.3 Å². The van der Waals surface area contributed by atoms with E-state index in [1.807, 2.05) is 0 Å². The number of esters is 1. The summed E-state index contributed by atoms with van der Waals surface area (Å²) in [5.41, 5.74) is 0.0822. The predicted molar refractivity (Wildman–Crippen MR) is 85.0 cm³/mol. The van der Waals surface area contributed by atoms with Crippen LogP contribution in [-0.2, 0) is 19.4 Å². The highest BCUT2D eigenvalue weighted by Crippen LogP contribution is 2.28. The Labute approximate surface area is 140 Å². The van der Waals surface area contributed by atoms with Crippen LogP contribution in [0.3, 0.4) is 0 Å². The zero-order valence-electron chi connectivity index (χ0n) is 13.4. The van der Waals surface area contributed by atoms with Crippen LogP contribution < -0.4 is 14.8 Å². The van der Waals surface area contributed by atoms with Gasteiger partial charge in [-0.1, -0.05) is 6.07 Å². The van der Waals surface area contributed by atoms with Crippen molar-refractivity contribution < 1.29 is 32.2 Å². The van der Waals surface area contributed by atoms with Crippen molar-refractivity contribution in [3.05, 3.63) is 23.8 Å². The molecule has 1 aliphatic rings. The molecule has 132 valence electrons. The molecule has 0 bridgehead atoms. The summed E-state index contributed by atoms with van der Waals surface area (Å²) in [4.78, 5) is 24.0. The van der Waals surface area contributed by atoms with Crippen LogP contribution in [0, 0.1) is 0 Å². The number of rotatable bonds is 6. The maximum absolute atomic E-state index is 12.2. The van der Waals surface area contributed by atoms with Crippen molar-refractivity contribution in [3.8, 4) is 11.5 Å². The Morgan fingerprint density at radius 1 is 1.21 bits per heavy atom. The second-order valence-corrected chi connectivity index (χ2v) is 7.51. The van der Waals surface area contributed by atoms with E-state index < -0.39 is 34.4 Å². The van der Waals surface area contributed by atoms with Crippen molar-refractivity contribution in [1.82, 2.24) is 5.32 Å². The summed E-state index contributed by atoms with van der Waals surface area (Å²) in [7, 11) is -0.286. The molecular weight excluding hydrogens is 338 g/mol. The summed E-state index contributed by atoms with van der Waals surface area (Å²) in [5, 5.41) is 2.54. The number of hydrogen-bond acceptors (Lipinski definition) is 7. The molecule has 1 aliphatic heterocycles. The molecule has 0 aromatic heterocycles. The minimum Gasteiger partial charge on any atom is -0.496 e. The minimum absolute atomic E-state index is 0.0517. The molecule has 1 aromatic rings. The van der Waals surface area contributed by atoms with Crippen molar-refractivity contribution in [2.45, 2.75) is 12.5 Å². The highest BCUT2D eigenvalue weighted by atomic mass is 32.2. The van der Waals surface area contributed by atoms with Gasteiger partial charge in [0.05, 0.1) is 25.7 Å². The SMILES string of the molecule is COc1cccc(OC)c1C(=O)OCC(=O)N[C@@H]1CCS(=O)(=O)C1. The molecule has 1 N–H and O–H groups in total. The van der Waals surface area contributed by atoms with Gasteiger partial charge >= 0.3 is 5.97 Å². The number of hydrogen-bond donors (Lipinski definition) is 1. The normalized spacial score (nSPS) is 18.7. The van der Waals surface area contributed by atoms with Crippen LogP contribution in [0.4, 0.5) is 0 Å². The third-order valence-electron chi connectivity index (χ3n) is 3.56. The van der Waals surface area contributed by atoms with E-state index in [2.05, 4.69) is 5.32 Å². The zero-order chi connectivity index (χ0) is 17.7. The Hall–Kier alpha value is -2.29. The van der Waals surface area contributed by atoms with E-state index >= 15 is 0 Å². The molecule has 1 atom stereocenters. The largest absolute Gasteiger partial charge is 0.496 e. The summed E-state index contributed by atoms with van der Waals surface area (Å²) < 4.78 is 37.9. The predicted octanol–water partition coefficient (Wildman–Crippen LogP) is 0.164. The van der Waals surface area contributed by atoms with Crippen LogP contribution in [0.5, 0.6) is 11.5 Å². The van der Waals surface area contributed by atoms with Gasteiger partial charge in [-0.05, 0) is 18.6 Å². The Morgan fingerprint density at radius 3 is 2.33 bits per heavy atom. The highest BCUT2D eigenvalue weighted by Gasteiger charge is 2.29. The van der Waals surface area contributed by atoms with Crippen molar-refractivity contribution in [2.24, 2.45) is 0 Å². The standard InChI is InChI=1S/C15H19NO7S/c1-21-11-4-3-5-12(22-2)14(11)15(18)23-8-13(17)16-10-6-7-24(19,20)9-10/h3-5,10H,6-9H2,1-2H3,(H,16,17)/t10-/m1/s1. The monoisotopic (exact) mass is 357 g/mol. The molecule has 1 aromatic carbocycles. The molecule has 24 heavy (non-hydrogen) atoms. The minimum atomic E-state index is -3.09. The van der Waals surface area contributed by atoms with Gasteiger partial charge in [0.25, 0.3) is 5.91 Å². The molecule has 1 amide bonds. The van der Waals surface area contributed by atoms with E-state index in [0.29, 0.717) is 6.42 Å². The number of carbonyl (C=O) groups excluding carboxylic acids is 2. The molecule has 0 spiro atoms. The van der Waals surface area contributed by atoms with E-state index in [1.165, 1.54) is 14.2 Å². The quantitative estimate of drug-likeness (QED) is 0.723. The number of benzene rings is 1. The summed E-state index contributed by atoms with van der Waals surface area (Å²) in [6, 6.07) is 4.36. The van der Waals surface area contributed by atoms with Crippen LogP contribution in [0.1, 0.15) is 16.8 Å². The lowest BCUT2D eigenvalue weighted by molar-refractivity contribution is -0.124. The maximum Gasteiger partial charge on any atom is 0.346 e. The smallest absolute Gasteiger partial charge is 0.346 e. The molecule has 0 aliphatic carbocycles. The molecule has 1 heterocycles. The third kappa shape index (κ3) is 4.38. The second-order valence-electron chi connectivity index (χ2n) is 5.28. The van der Waals surface area contributed by atoms with Gasteiger partial charge in [-0.25, -0.2) is 13.2 Å². The Kier molecular flexibility index (Phi) is 5.66. The molecular formula is C15H19NO7S. The van der Waals surface area contributed by atoms with E-state index in [-0.39, 0.29) is 28.6 Å². The average Bonchev–Trinajstić information content (AvgIpc) is 2.90. The summed E-state index contributed by atoms with van der Waals surface area (Å²) >= 11 is 0. The summed E-state index contributed by atoms with van der Waals surface area (Å²) in [6.07, 6.45) is 0.363. The number of carbonyl (C=O) groups is 2. The van der Waals surface area contributed by atoms with Crippen molar-refractivity contribution in [1.29, 1.82) is 0 Å². The lowest BCUT2D eigenvalue weighted by Crippen LogP contribution is -2.38. The number of ether oxygens (including phenoxy) is 3. The summed E-state index contributed by atoms with van der Waals surface area (Å²) in [6.45, 7) is -0.517. The molecule has 0 unspecified atom stereocenters. The van der Waals surface area contributed by atoms with Crippen LogP contribution in [0.15, 0.2) is 18.2 Å². The molecule has 1 saturated heterocycles. The zero-order valence-corrected chi connectivity index (χ0v) is 14.2. The Balaban J connectivity index is 1.95. The molecule has 1 fully saturated rings. The summed E-state index contributed by atoms with van der Waals surface area (Å²) in [5.74, 6) is -0.829. The topological polar surface area (TPSA) is 108 Å². The average molecular weight is 357 g/mol. The number of nitrogens with one attached hydrogen (secondary N) is 1. The molecule has 8 nitrogen and oxygen atoms in total. The van der Waals surface area contributed by atoms with E-state index in [1.54, 1.807) is 18.2 Å². The molecule has 0 saturated carbocycles. The second kappa shape index (κ2) is 7.52. The first kappa shape index (κ1) is 18.1. The first-order chi connectivity index (χ1) is 11.4. The number of methoxy groups -OCH3 is 2. The van der Waals surface area contributed by atoms with Gasteiger partial charge in [0.2, 0.25) is 0 Å². The van der Waals surface area contributed by atoms with Crippen LogP contribution in [0.25, 0.3) is 0 Å². The first-order valence-electron chi connectivity index (χ1n) is 7.24. The van der Waals surface area contributed by atoms with Crippen LogP contribution in [-0.4, -0.2) is 58.7 Å². The molecule has 9 heteroatoms. The number of sulfone groups is 1. The van der Waals surface area contributed by atoms with Gasteiger partial charge in [-0.15, -0.1) is 0 Å². The van der Waals surface area contributed by atoms with Crippen molar-refractivity contribution in [3.63, 3.8) is 0 Å².